The topological polar surface area (TPSA) is 139 Å². The summed E-state index contributed by atoms with van der Waals surface area (Å²) >= 11 is 0. The van der Waals surface area contributed by atoms with Crippen molar-refractivity contribution in [1.82, 2.24) is 5.32 Å². The summed E-state index contributed by atoms with van der Waals surface area (Å²) in [6, 6.07) is 8.20. The first-order valence-corrected chi connectivity index (χ1v) is 7.87. The number of fused-ring (bicyclic) bond motifs is 2. The molecule has 2 unspecified atom stereocenters. The lowest BCUT2D eigenvalue weighted by Gasteiger charge is -2.37. The van der Waals surface area contributed by atoms with Gasteiger partial charge in [0.25, 0.3) is 0 Å². The Labute approximate surface area is 154 Å². The Bertz CT molecular complexity index is 945. The molecule has 0 bridgehead atoms. The molecule has 1 aromatic rings. The number of rotatable bonds is 3. The summed E-state index contributed by atoms with van der Waals surface area (Å²) in [5.41, 5.74) is -1.85. The lowest BCUT2D eigenvalue weighted by Crippen LogP contribution is -2.52. The van der Waals surface area contributed by atoms with Crippen molar-refractivity contribution in [2.75, 3.05) is 14.2 Å². The molecule has 1 aromatic carbocycles. The van der Waals surface area contributed by atoms with Gasteiger partial charge in [-0.25, -0.2) is 4.79 Å². The van der Waals surface area contributed by atoms with Crippen molar-refractivity contribution in [3.05, 3.63) is 41.1 Å². The highest BCUT2D eigenvalue weighted by Gasteiger charge is 2.63. The van der Waals surface area contributed by atoms with E-state index in [2.05, 4.69) is 10.1 Å². The summed E-state index contributed by atoms with van der Waals surface area (Å²) in [6.45, 7) is 0. The number of benzene rings is 1. The Balaban J connectivity index is 2.37. The second-order valence-electron chi connectivity index (χ2n) is 5.88. The molecule has 0 fully saturated rings. The zero-order chi connectivity index (χ0) is 19.8. The smallest absolute Gasteiger partial charge is 0.337 e. The number of nitriles is 1. The van der Waals surface area contributed by atoms with Crippen LogP contribution in [-0.2, 0) is 29.3 Å². The third kappa shape index (κ3) is 2.45. The average Bonchev–Trinajstić information content (AvgIpc) is 2.93. The Morgan fingerprint density at radius 1 is 1.33 bits per heavy atom. The maximum atomic E-state index is 13.1. The van der Waals surface area contributed by atoms with Gasteiger partial charge in [0, 0.05) is 11.3 Å². The number of methoxy groups -OCH3 is 2. The normalized spacial score (nSPS) is 23.2. The number of carbonyl (C=O) groups is 3. The van der Waals surface area contributed by atoms with E-state index in [1.165, 1.54) is 19.2 Å². The van der Waals surface area contributed by atoms with Crippen molar-refractivity contribution in [3.63, 3.8) is 0 Å². The number of nitrogens with zero attached hydrogens (tertiary/aromatic N) is 1. The van der Waals surface area contributed by atoms with Crippen molar-refractivity contribution < 1.29 is 28.6 Å². The Hall–Kier alpha value is -3.67. The van der Waals surface area contributed by atoms with Gasteiger partial charge in [-0.1, -0.05) is 18.2 Å². The SMILES string of the molecule is COC(=O)CC1=C(C(=O)OC)C2(C(=O)N1)c1ccccc1OC(=N)C2C#N. The number of hydrogen-bond acceptors (Lipinski definition) is 8. The molecular weight excluding hydrogens is 354 g/mol. The predicted octanol–water partition coefficient (Wildman–Crippen LogP) is 0.554. The number of esters is 2. The van der Waals surface area contributed by atoms with Crippen LogP contribution < -0.4 is 10.1 Å². The first-order chi connectivity index (χ1) is 12.9. The minimum atomic E-state index is -1.86. The minimum Gasteiger partial charge on any atom is -0.469 e. The van der Waals surface area contributed by atoms with Crippen molar-refractivity contribution in [1.29, 1.82) is 10.7 Å². The zero-order valence-corrected chi connectivity index (χ0v) is 14.5. The molecule has 2 aliphatic heterocycles. The number of para-hydroxylation sites is 1. The van der Waals surface area contributed by atoms with Crippen molar-refractivity contribution in [3.8, 4) is 11.8 Å². The third-order valence-electron chi connectivity index (χ3n) is 4.61. The highest BCUT2D eigenvalue weighted by Crippen LogP contribution is 2.51. The highest BCUT2D eigenvalue weighted by molar-refractivity contribution is 6.13. The third-order valence-corrected chi connectivity index (χ3v) is 4.61. The number of hydrogen-bond donors (Lipinski definition) is 2. The van der Waals surface area contributed by atoms with E-state index in [9.17, 15) is 19.6 Å². The molecule has 3 rings (SSSR count). The molecule has 138 valence electrons. The van der Waals surface area contributed by atoms with Crippen molar-refractivity contribution in [2.45, 2.75) is 11.8 Å². The van der Waals surface area contributed by atoms with Gasteiger partial charge in [0.05, 0.1) is 32.3 Å². The van der Waals surface area contributed by atoms with E-state index in [0.29, 0.717) is 0 Å². The number of ether oxygens (including phenoxy) is 3. The summed E-state index contributed by atoms with van der Waals surface area (Å²) in [5, 5.41) is 20.3. The maximum Gasteiger partial charge on any atom is 0.337 e. The standard InChI is InChI=1S/C18H15N3O6/c1-25-13(22)7-11-14(16(23)26-2)18(17(24)21-11)9-5-3-4-6-12(9)27-15(20)10(18)8-19/h3-6,10,20H,7H2,1-2H3,(H,21,24). The van der Waals surface area contributed by atoms with E-state index in [1.54, 1.807) is 12.1 Å². The van der Waals surface area contributed by atoms with Crippen LogP contribution in [0.2, 0.25) is 0 Å². The fraction of sp³-hybridized carbons (Fsp3) is 0.278. The van der Waals surface area contributed by atoms with Crippen LogP contribution in [0, 0.1) is 22.7 Å². The zero-order valence-electron chi connectivity index (χ0n) is 14.5. The van der Waals surface area contributed by atoms with Crippen LogP contribution in [-0.4, -0.2) is 38.0 Å². The molecule has 2 N–H and O–H groups in total. The lowest BCUT2D eigenvalue weighted by molar-refractivity contribution is -0.139. The summed E-state index contributed by atoms with van der Waals surface area (Å²) in [6.07, 6.45) is -0.400. The highest BCUT2D eigenvalue weighted by atomic mass is 16.5. The van der Waals surface area contributed by atoms with Gasteiger partial charge in [-0.05, 0) is 6.07 Å². The minimum absolute atomic E-state index is 0.0246. The van der Waals surface area contributed by atoms with Gasteiger partial charge in [0.2, 0.25) is 11.8 Å². The molecule has 0 aromatic heterocycles. The van der Waals surface area contributed by atoms with Gasteiger partial charge in [-0.3, -0.25) is 15.0 Å². The monoisotopic (exact) mass is 369 g/mol. The molecule has 9 heteroatoms. The summed E-state index contributed by atoms with van der Waals surface area (Å²) in [4.78, 5) is 37.5. The van der Waals surface area contributed by atoms with E-state index in [0.717, 1.165) is 7.11 Å². The number of nitrogens with one attached hydrogen (secondary N) is 2. The molecule has 1 amide bonds. The molecule has 0 saturated carbocycles. The van der Waals surface area contributed by atoms with E-state index >= 15 is 0 Å². The summed E-state index contributed by atoms with van der Waals surface area (Å²) < 4.78 is 14.8. The molecule has 2 aliphatic rings. The van der Waals surface area contributed by atoms with Crippen LogP contribution in [0.15, 0.2) is 35.5 Å². The van der Waals surface area contributed by atoms with Crippen molar-refractivity contribution in [2.24, 2.45) is 5.92 Å². The van der Waals surface area contributed by atoms with Crippen LogP contribution in [0.5, 0.6) is 5.75 Å². The van der Waals surface area contributed by atoms with Gasteiger partial charge in [0.1, 0.15) is 17.1 Å². The van der Waals surface area contributed by atoms with E-state index < -0.39 is 41.5 Å². The molecular formula is C18H15N3O6. The van der Waals surface area contributed by atoms with Gasteiger partial charge >= 0.3 is 11.9 Å². The number of carbonyl (C=O) groups excluding carboxylic acids is 3. The summed E-state index contributed by atoms with van der Waals surface area (Å²) in [7, 11) is 2.30. The second kappa shape index (κ2) is 6.57. The van der Waals surface area contributed by atoms with Gasteiger partial charge in [-0.15, -0.1) is 0 Å². The van der Waals surface area contributed by atoms with E-state index in [-0.39, 0.29) is 22.6 Å². The Kier molecular flexibility index (Phi) is 4.41. The Morgan fingerprint density at radius 2 is 2.04 bits per heavy atom. The first-order valence-electron chi connectivity index (χ1n) is 7.87. The Morgan fingerprint density at radius 3 is 2.67 bits per heavy atom. The molecule has 0 saturated heterocycles. The fourth-order valence-electron chi connectivity index (χ4n) is 3.48. The average molecular weight is 369 g/mol. The van der Waals surface area contributed by atoms with Crippen LogP contribution in [0.25, 0.3) is 0 Å². The summed E-state index contributed by atoms with van der Waals surface area (Å²) in [5.74, 6) is -4.02. The molecule has 27 heavy (non-hydrogen) atoms. The van der Waals surface area contributed by atoms with E-state index in [1.807, 2.05) is 6.07 Å². The molecule has 0 aliphatic carbocycles. The molecule has 0 radical (unpaired) electrons. The van der Waals surface area contributed by atoms with Crippen LogP contribution in [0.3, 0.4) is 0 Å². The lowest BCUT2D eigenvalue weighted by atomic mass is 9.64. The largest absolute Gasteiger partial charge is 0.469 e. The predicted molar refractivity (Wildman–Crippen MR) is 89.4 cm³/mol. The molecule has 2 atom stereocenters. The maximum absolute atomic E-state index is 13.1. The number of amides is 1. The van der Waals surface area contributed by atoms with E-state index in [4.69, 9.17) is 14.9 Å². The van der Waals surface area contributed by atoms with Crippen molar-refractivity contribution >= 4 is 23.7 Å². The van der Waals surface area contributed by atoms with Crippen LogP contribution >= 0.6 is 0 Å². The first kappa shape index (κ1) is 18.1. The fourth-order valence-corrected chi connectivity index (χ4v) is 3.48. The van der Waals surface area contributed by atoms with Gasteiger partial charge in [-0.2, -0.15) is 5.26 Å². The van der Waals surface area contributed by atoms with Crippen LogP contribution in [0.4, 0.5) is 0 Å². The molecule has 9 nitrogen and oxygen atoms in total. The second-order valence-corrected chi connectivity index (χ2v) is 5.88. The quantitative estimate of drug-likeness (QED) is 0.742. The molecule has 2 heterocycles. The van der Waals surface area contributed by atoms with Crippen LogP contribution in [0.1, 0.15) is 12.0 Å². The molecule has 1 spiro atoms. The van der Waals surface area contributed by atoms with Gasteiger partial charge in [0.15, 0.2) is 0 Å². The van der Waals surface area contributed by atoms with Gasteiger partial charge < -0.3 is 19.5 Å².